The summed E-state index contributed by atoms with van der Waals surface area (Å²) in [5.41, 5.74) is 2.30. The Hall–Kier alpha value is -2.92. The fourth-order valence-corrected chi connectivity index (χ4v) is 7.22. The van der Waals surface area contributed by atoms with Crippen LogP contribution in [-0.4, -0.2) is 91.3 Å². The minimum atomic E-state index is -2.28. The van der Waals surface area contributed by atoms with Crippen molar-refractivity contribution in [2.45, 2.75) is 129 Å². The van der Waals surface area contributed by atoms with Crippen LogP contribution >= 0.6 is 0 Å². The summed E-state index contributed by atoms with van der Waals surface area (Å²) < 4.78 is 16.8. The predicted octanol–water partition coefficient (Wildman–Crippen LogP) is 5.79. The minimum Gasteiger partial charge on any atom is -0.377 e. The van der Waals surface area contributed by atoms with Crippen molar-refractivity contribution in [2.24, 2.45) is 17.8 Å². The van der Waals surface area contributed by atoms with Crippen LogP contribution in [0.15, 0.2) is 47.6 Å². The number of amides is 2. The molecule has 0 saturated carbocycles. The number of methoxy groups -OCH3 is 2. The zero-order valence-corrected chi connectivity index (χ0v) is 31.3. The van der Waals surface area contributed by atoms with Gasteiger partial charge in [0.1, 0.15) is 12.6 Å². The van der Waals surface area contributed by atoms with Crippen molar-refractivity contribution in [3.63, 3.8) is 0 Å². The first kappa shape index (κ1) is 41.5. The van der Waals surface area contributed by atoms with E-state index in [1.807, 2.05) is 38.2 Å². The molecule has 3 aliphatic rings. The third-order valence-corrected chi connectivity index (χ3v) is 10.5. The first-order valence-corrected chi connectivity index (χ1v) is 18.7. The maximum absolute atomic E-state index is 13.7. The van der Waals surface area contributed by atoms with Gasteiger partial charge < -0.3 is 29.5 Å². The van der Waals surface area contributed by atoms with E-state index in [4.69, 9.17) is 14.2 Å². The van der Waals surface area contributed by atoms with Crippen molar-refractivity contribution in [3.05, 3.63) is 47.6 Å². The molecule has 0 radical (unpaired) electrons. The number of nitrogens with one attached hydrogen (secondary N) is 1. The van der Waals surface area contributed by atoms with Gasteiger partial charge in [0.05, 0.1) is 12.2 Å². The molecular formula is C40H62N2O8. The molecule has 7 atom stereocenters. The summed E-state index contributed by atoms with van der Waals surface area (Å²) in [5, 5.41) is 14.6. The smallest absolute Gasteiger partial charge is 0.296 e. The van der Waals surface area contributed by atoms with Gasteiger partial charge in [0.25, 0.3) is 11.7 Å². The minimum absolute atomic E-state index is 0.0637. The Morgan fingerprint density at radius 2 is 1.86 bits per heavy atom. The predicted molar refractivity (Wildman–Crippen MR) is 194 cm³/mol. The van der Waals surface area contributed by atoms with E-state index in [-0.39, 0.29) is 42.8 Å². The first-order valence-electron chi connectivity index (χ1n) is 18.7. The van der Waals surface area contributed by atoms with Crippen LogP contribution < -0.4 is 5.32 Å². The highest BCUT2D eigenvalue weighted by molar-refractivity contribution is 6.39. The molecule has 0 unspecified atom stereocenters. The fourth-order valence-electron chi connectivity index (χ4n) is 7.22. The molecule has 0 aromatic rings. The van der Waals surface area contributed by atoms with Gasteiger partial charge in [0.15, 0.2) is 5.78 Å². The van der Waals surface area contributed by atoms with Crippen LogP contribution in [0, 0.1) is 17.8 Å². The molecular weight excluding hydrogens is 636 g/mol. The molecule has 2 aliphatic heterocycles. The summed E-state index contributed by atoms with van der Waals surface area (Å²) in [6.45, 7) is 8.60. The lowest BCUT2D eigenvalue weighted by molar-refractivity contribution is -0.265. The summed E-state index contributed by atoms with van der Waals surface area (Å²) in [5.74, 6) is -4.72. The highest BCUT2D eigenvalue weighted by Gasteiger charge is 2.52. The molecule has 2 heterocycles. The molecule has 2 fully saturated rings. The number of piperidine rings is 1. The third kappa shape index (κ3) is 12.1. The molecule has 3 rings (SSSR count). The highest BCUT2D eigenvalue weighted by Crippen LogP contribution is 2.36. The van der Waals surface area contributed by atoms with E-state index in [1.165, 1.54) is 30.4 Å². The van der Waals surface area contributed by atoms with Crippen molar-refractivity contribution in [1.82, 2.24) is 10.2 Å². The largest absolute Gasteiger partial charge is 0.377 e. The monoisotopic (exact) mass is 698 g/mol. The van der Waals surface area contributed by atoms with Crippen molar-refractivity contribution >= 4 is 23.4 Å². The van der Waals surface area contributed by atoms with Crippen LogP contribution in [0.4, 0.5) is 0 Å². The molecule has 280 valence electrons. The molecule has 50 heavy (non-hydrogen) atoms. The summed E-state index contributed by atoms with van der Waals surface area (Å²) >= 11 is 0. The summed E-state index contributed by atoms with van der Waals surface area (Å²) in [7, 11) is 3.14. The van der Waals surface area contributed by atoms with Gasteiger partial charge in [-0.25, -0.2) is 0 Å². The Morgan fingerprint density at radius 3 is 2.56 bits per heavy atom. The molecule has 0 aromatic heterocycles. The molecule has 2 N–H and O–H groups in total. The van der Waals surface area contributed by atoms with Gasteiger partial charge in [0, 0.05) is 45.6 Å². The van der Waals surface area contributed by atoms with E-state index in [0.717, 1.165) is 37.7 Å². The van der Waals surface area contributed by atoms with Crippen LogP contribution in [0.2, 0.25) is 0 Å². The number of rotatable bonds is 18. The van der Waals surface area contributed by atoms with Gasteiger partial charge in [-0.05, 0) is 89.0 Å². The van der Waals surface area contributed by atoms with E-state index in [0.29, 0.717) is 38.6 Å². The molecule has 10 heteroatoms. The van der Waals surface area contributed by atoms with E-state index >= 15 is 0 Å². The van der Waals surface area contributed by atoms with Crippen LogP contribution in [0.3, 0.4) is 0 Å². The molecule has 2 amide bonds. The number of allylic oxidation sites excluding steroid dienone is 6. The zero-order valence-electron chi connectivity index (χ0n) is 31.3. The summed E-state index contributed by atoms with van der Waals surface area (Å²) in [6.07, 6.45) is 20.8. The summed E-state index contributed by atoms with van der Waals surface area (Å²) in [6, 6.07) is -0.746. The number of hydrogen-bond acceptors (Lipinski definition) is 8. The number of ketones is 2. The first-order chi connectivity index (χ1) is 23.9. The molecule has 2 saturated heterocycles. The number of Topliss-reactive ketones (excluding diaryl/α,β-unsaturated/α-hetero) is 2. The van der Waals surface area contributed by atoms with Crippen molar-refractivity contribution in [3.8, 4) is 0 Å². The average molecular weight is 699 g/mol. The lowest BCUT2D eigenvalue weighted by Gasteiger charge is -2.42. The average Bonchev–Trinajstić information content (AvgIpc) is 3.11. The Morgan fingerprint density at radius 1 is 1.08 bits per heavy atom. The van der Waals surface area contributed by atoms with E-state index in [2.05, 4.69) is 24.4 Å². The second kappa shape index (κ2) is 20.8. The maximum Gasteiger partial charge on any atom is 0.296 e. The van der Waals surface area contributed by atoms with Gasteiger partial charge >= 0.3 is 0 Å². The number of ether oxygens (including phenoxy) is 3. The topological polar surface area (TPSA) is 131 Å². The van der Waals surface area contributed by atoms with E-state index in [1.54, 1.807) is 14.0 Å². The SMILES string of the molecule is COCC(=O)[C@H](C)C[C@H](C)/C=C/C=C/C=C(\C)[C@H](C[C@@H]1CC[C@@H](C)[C@](O)(C(=O)C(=O)N2CCCC[C@H]2C(=O)NCCC2=CCCCC2)O1)OC. The maximum atomic E-state index is 13.7. The summed E-state index contributed by atoms with van der Waals surface area (Å²) in [4.78, 5) is 54.0. The molecule has 0 aromatic carbocycles. The number of likely N-dealkylation sites (tertiary alicyclic amines) is 1. The van der Waals surface area contributed by atoms with Crippen molar-refractivity contribution in [1.29, 1.82) is 0 Å². The van der Waals surface area contributed by atoms with Gasteiger partial charge in [0.2, 0.25) is 11.7 Å². The number of carbonyl (C=O) groups is 4. The van der Waals surface area contributed by atoms with Gasteiger partial charge in [-0.3, -0.25) is 19.2 Å². The number of nitrogens with zero attached hydrogens (tertiary/aromatic N) is 1. The highest BCUT2D eigenvalue weighted by atomic mass is 16.6. The molecule has 0 spiro atoms. The number of hydrogen-bond donors (Lipinski definition) is 2. The lowest BCUT2D eigenvalue weighted by Crippen LogP contribution is -2.61. The van der Waals surface area contributed by atoms with Crippen molar-refractivity contribution < 1.29 is 38.5 Å². The second-order valence-corrected chi connectivity index (χ2v) is 14.6. The fraction of sp³-hybridized carbons (Fsp3) is 0.700. The molecule has 0 bridgehead atoms. The van der Waals surface area contributed by atoms with Crippen LogP contribution in [0.1, 0.15) is 105 Å². The van der Waals surface area contributed by atoms with Crippen molar-refractivity contribution in [2.75, 3.05) is 33.9 Å². The van der Waals surface area contributed by atoms with E-state index in [9.17, 15) is 24.3 Å². The van der Waals surface area contributed by atoms with Gasteiger partial charge in [-0.2, -0.15) is 0 Å². The standard InChI is InChI=1S/C40H62N2O8/c1-28(25-30(3)35(43)27-48-5)15-9-7-10-16-29(2)36(49-6)26-33-21-20-31(4)40(47,50-33)37(44)39(46)42-24-14-13-19-34(42)38(45)41-23-22-32-17-11-8-12-18-32/h7,9-10,15-17,28,30-31,33-34,36,47H,8,11-14,18-27H2,1-6H3,(H,41,45)/b10-7+,15-9+,29-16+/t28-,30-,31-,33+,34+,36+,40-/m1/s1. The van der Waals surface area contributed by atoms with Crippen LogP contribution in [0.5, 0.6) is 0 Å². The molecule has 10 nitrogen and oxygen atoms in total. The van der Waals surface area contributed by atoms with Crippen LogP contribution in [0.25, 0.3) is 0 Å². The normalized spacial score (nSPS) is 26.8. The van der Waals surface area contributed by atoms with Gasteiger partial charge in [-0.15, -0.1) is 0 Å². The Labute approximate surface area is 299 Å². The lowest BCUT2D eigenvalue weighted by atomic mass is 9.85. The Balaban J connectivity index is 1.58. The Bertz CT molecular complexity index is 1270. The quantitative estimate of drug-likeness (QED) is 0.105. The molecule has 1 aliphatic carbocycles. The second-order valence-electron chi connectivity index (χ2n) is 14.6. The zero-order chi connectivity index (χ0) is 36.7. The number of carbonyl (C=O) groups excluding carboxylic acids is 4. The van der Waals surface area contributed by atoms with E-state index < -0.39 is 35.5 Å². The number of aliphatic hydroxyl groups is 1. The van der Waals surface area contributed by atoms with Crippen LogP contribution in [-0.2, 0) is 33.4 Å². The third-order valence-electron chi connectivity index (χ3n) is 10.5. The van der Waals surface area contributed by atoms with Gasteiger partial charge in [-0.1, -0.05) is 62.8 Å². The Kier molecular flexibility index (Phi) is 17.3.